The zero-order chi connectivity index (χ0) is 13.7. The van der Waals surface area contributed by atoms with Crippen LogP contribution in [0.5, 0.6) is 5.75 Å². The van der Waals surface area contributed by atoms with Crippen molar-refractivity contribution in [3.63, 3.8) is 0 Å². The third kappa shape index (κ3) is 3.61. The SMILES string of the molecule is CCOc1cncc(C(=O)Cc2ccc(F)cc2)c1. The van der Waals surface area contributed by atoms with E-state index in [2.05, 4.69) is 4.98 Å². The van der Waals surface area contributed by atoms with Crippen LogP contribution >= 0.6 is 0 Å². The largest absolute Gasteiger partial charge is 0.492 e. The predicted molar refractivity (Wildman–Crippen MR) is 69.8 cm³/mol. The molecule has 98 valence electrons. The van der Waals surface area contributed by atoms with Crippen LogP contribution in [0.1, 0.15) is 22.8 Å². The van der Waals surface area contributed by atoms with Gasteiger partial charge in [-0.1, -0.05) is 12.1 Å². The highest BCUT2D eigenvalue weighted by molar-refractivity contribution is 5.97. The molecule has 3 nitrogen and oxygen atoms in total. The van der Waals surface area contributed by atoms with Crippen LogP contribution in [-0.2, 0) is 6.42 Å². The van der Waals surface area contributed by atoms with Crippen molar-refractivity contribution in [2.24, 2.45) is 0 Å². The first-order valence-electron chi connectivity index (χ1n) is 6.04. The van der Waals surface area contributed by atoms with Crippen LogP contribution in [0.2, 0.25) is 0 Å². The Balaban J connectivity index is 2.11. The van der Waals surface area contributed by atoms with Crippen molar-refractivity contribution in [3.8, 4) is 5.75 Å². The van der Waals surface area contributed by atoms with E-state index in [-0.39, 0.29) is 18.0 Å². The number of hydrogen-bond acceptors (Lipinski definition) is 3. The number of carbonyl (C=O) groups is 1. The van der Waals surface area contributed by atoms with Crippen LogP contribution in [-0.4, -0.2) is 17.4 Å². The average molecular weight is 259 g/mol. The van der Waals surface area contributed by atoms with E-state index in [4.69, 9.17) is 4.74 Å². The topological polar surface area (TPSA) is 39.2 Å². The molecule has 0 atom stereocenters. The number of benzene rings is 1. The molecule has 4 heteroatoms. The molecule has 0 amide bonds. The first-order valence-corrected chi connectivity index (χ1v) is 6.04. The molecular formula is C15H14FNO2. The molecule has 0 unspecified atom stereocenters. The maximum Gasteiger partial charge on any atom is 0.168 e. The number of ether oxygens (including phenoxy) is 1. The summed E-state index contributed by atoms with van der Waals surface area (Å²) in [6.07, 6.45) is 3.30. The monoisotopic (exact) mass is 259 g/mol. The number of ketones is 1. The van der Waals surface area contributed by atoms with E-state index in [1.165, 1.54) is 18.3 Å². The lowest BCUT2D eigenvalue weighted by atomic mass is 10.0. The average Bonchev–Trinajstić information content (AvgIpc) is 2.42. The number of rotatable bonds is 5. The van der Waals surface area contributed by atoms with E-state index in [1.807, 2.05) is 6.92 Å². The number of halogens is 1. The van der Waals surface area contributed by atoms with Gasteiger partial charge in [-0.25, -0.2) is 4.39 Å². The summed E-state index contributed by atoms with van der Waals surface area (Å²) in [6.45, 7) is 2.39. The molecule has 0 aliphatic heterocycles. The Morgan fingerprint density at radius 1 is 1.26 bits per heavy atom. The van der Waals surface area contributed by atoms with Gasteiger partial charge in [0.15, 0.2) is 5.78 Å². The molecule has 0 N–H and O–H groups in total. The van der Waals surface area contributed by atoms with Crippen molar-refractivity contribution < 1.29 is 13.9 Å². The van der Waals surface area contributed by atoms with Gasteiger partial charge in [0, 0.05) is 18.2 Å². The smallest absolute Gasteiger partial charge is 0.168 e. The van der Waals surface area contributed by atoms with Crippen LogP contribution in [0.15, 0.2) is 42.7 Å². The summed E-state index contributed by atoms with van der Waals surface area (Å²) in [4.78, 5) is 16.0. The van der Waals surface area contributed by atoms with Gasteiger partial charge in [0.1, 0.15) is 11.6 Å². The number of hydrogen-bond donors (Lipinski definition) is 0. The van der Waals surface area contributed by atoms with E-state index in [0.29, 0.717) is 17.9 Å². The maximum absolute atomic E-state index is 12.8. The minimum atomic E-state index is -0.309. The first kappa shape index (κ1) is 13.2. The fourth-order valence-corrected chi connectivity index (χ4v) is 1.71. The zero-order valence-electron chi connectivity index (χ0n) is 10.6. The van der Waals surface area contributed by atoms with Gasteiger partial charge in [-0.15, -0.1) is 0 Å². The van der Waals surface area contributed by atoms with Crippen molar-refractivity contribution in [1.82, 2.24) is 4.98 Å². The van der Waals surface area contributed by atoms with E-state index in [0.717, 1.165) is 5.56 Å². The van der Waals surface area contributed by atoms with Gasteiger partial charge in [0.2, 0.25) is 0 Å². The Morgan fingerprint density at radius 3 is 2.68 bits per heavy atom. The van der Waals surface area contributed by atoms with Crippen molar-refractivity contribution >= 4 is 5.78 Å². The lowest BCUT2D eigenvalue weighted by Gasteiger charge is -2.05. The third-order valence-corrected chi connectivity index (χ3v) is 2.62. The first-order chi connectivity index (χ1) is 9.19. The number of nitrogens with zero attached hydrogens (tertiary/aromatic N) is 1. The van der Waals surface area contributed by atoms with E-state index in [9.17, 15) is 9.18 Å². The molecule has 0 aliphatic rings. The molecule has 1 aromatic heterocycles. The third-order valence-electron chi connectivity index (χ3n) is 2.62. The van der Waals surface area contributed by atoms with Crippen LogP contribution < -0.4 is 4.74 Å². The van der Waals surface area contributed by atoms with Crippen LogP contribution in [0, 0.1) is 5.82 Å². The molecule has 0 aliphatic carbocycles. The second kappa shape index (κ2) is 6.09. The Hall–Kier alpha value is -2.23. The quantitative estimate of drug-likeness (QED) is 0.775. The summed E-state index contributed by atoms with van der Waals surface area (Å²) in [5, 5.41) is 0. The predicted octanol–water partition coefficient (Wildman–Crippen LogP) is 3.04. The van der Waals surface area contributed by atoms with Gasteiger partial charge in [-0.2, -0.15) is 0 Å². The summed E-state index contributed by atoms with van der Waals surface area (Å²) < 4.78 is 18.1. The number of pyridine rings is 1. The van der Waals surface area contributed by atoms with E-state index >= 15 is 0 Å². The summed E-state index contributed by atoms with van der Waals surface area (Å²) >= 11 is 0. The number of Topliss-reactive ketones (excluding diaryl/α,β-unsaturated/α-hetero) is 1. The molecule has 0 saturated heterocycles. The van der Waals surface area contributed by atoms with Crippen LogP contribution in [0.4, 0.5) is 4.39 Å². The van der Waals surface area contributed by atoms with Gasteiger partial charge in [0.05, 0.1) is 12.8 Å². The Morgan fingerprint density at radius 2 is 2.00 bits per heavy atom. The Kier molecular flexibility index (Phi) is 4.23. The highest BCUT2D eigenvalue weighted by Crippen LogP contribution is 2.14. The second-order valence-electron chi connectivity index (χ2n) is 4.07. The van der Waals surface area contributed by atoms with Gasteiger partial charge >= 0.3 is 0 Å². The molecule has 1 aromatic carbocycles. The normalized spacial score (nSPS) is 10.2. The standard InChI is InChI=1S/C15H14FNO2/c1-2-19-14-8-12(9-17-10-14)15(18)7-11-3-5-13(16)6-4-11/h3-6,8-10H,2,7H2,1H3. The highest BCUT2D eigenvalue weighted by atomic mass is 19.1. The van der Waals surface area contributed by atoms with Crippen LogP contribution in [0.25, 0.3) is 0 Å². The summed E-state index contributed by atoms with van der Waals surface area (Å²) in [5.74, 6) is 0.198. The number of carbonyl (C=O) groups excluding carboxylic acids is 1. The minimum Gasteiger partial charge on any atom is -0.492 e. The molecule has 0 spiro atoms. The van der Waals surface area contributed by atoms with Gasteiger partial charge in [-0.3, -0.25) is 9.78 Å². The molecule has 0 fully saturated rings. The van der Waals surface area contributed by atoms with Crippen molar-refractivity contribution in [2.75, 3.05) is 6.61 Å². The van der Waals surface area contributed by atoms with Crippen molar-refractivity contribution in [3.05, 3.63) is 59.7 Å². The summed E-state index contributed by atoms with van der Waals surface area (Å²) in [7, 11) is 0. The lowest BCUT2D eigenvalue weighted by molar-refractivity contribution is 0.0992. The van der Waals surface area contributed by atoms with Crippen LogP contribution in [0.3, 0.4) is 0 Å². The van der Waals surface area contributed by atoms with Crippen molar-refractivity contribution in [1.29, 1.82) is 0 Å². The molecule has 19 heavy (non-hydrogen) atoms. The fourth-order valence-electron chi connectivity index (χ4n) is 1.71. The fraction of sp³-hybridized carbons (Fsp3) is 0.200. The van der Waals surface area contributed by atoms with Crippen molar-refractivity contribution in [2.45, 2.75) is 13.3 Å². The van der Waals surface area contributed by atoms with Gasteiger partial charge in [0.25, 0.3) is 0 Å². The molecule has 2 aromatic rings. The zero-order valence-corrected chi connectivity index (χ0v) is 10.6. The molecular weight excluding hydrogens is 245 g/mol. The Labute approximate surface area is 111 Å². The molecule has 0 bridgehead atoms. The summed E-state index contributed by atoms with van der Waals surface area (Å²) in [5.41, 5.74) is 1.27. The van der Waals surface area contributed by atoms with E-state index < -0.39 is 0 Å². The van der Waals surface area contributed by atoms with E-state index in [1.54, 1.807) is 24.4 Å². The Bertz CT molecular complexity index is 567. The molecule has 0 radical (unpaired) electrons. The lowest BCUT2D eigenvalue weighted by Crippen LogP contribution is -2.05. The molecule has 1 heterocycles. The van der Waals surface area contributed by atoms with Gasteiger partial charge < -0.3 is 4.74 Å². The molecule has 2 rings (SSSR count). The van der Waals surface area contributed by atoms with Gasteiger partial charge in [-0.05, 0) is 30.7 Å². The number of aromatic nitrogens is 1. The summed E-state index contributed by atoms with van der Waals surface area (Å²) in [6, 6.07) is 7.57. The highest BCUT2D eigenvalue weighted by Gasteiger charge is 2.09. The molecule has 0 saturated carbocycles. The second-order valence-corrected chi connectivity index (χ2v) is 4.07. The maximum atomic E-state index is 12.8. The minimum absolute atomic E-state index is 0.0688.